The minimum Gasteiger partial charge on any atom is -0.377 e. The number of nitrogens with zero attached hydrogens (tertiary/aromatic N) is 1. The maximum absolute atomic E-state index is 12.6. The maximum Gasteiger partial charge on any atom is 0.230 e. The van der Waals surface area contributed by atoms with Crippen LogP contribution in [0.3, 0.4) is 0 Å². The molecular formula is C19H28N2O2. The first-order valence-electron chi connectivity index (χ1n) is 8.84. The van der Waals surface area contributed by atoms with Crippen molar-refractivity contribution in [3.05, 3.63) is 23.8 Å². The molecule has 0 aliphatic carbocycles. The number of nitrogens with one attached hydrogen (secondary N) is 1. The second-order valence-corrected chi connectivity index (χ2v) is 7.16. The Hall–Kier alpha value is -1.55. The molecule has 0 spiro atoms. The molecule has 23 heavy (non-hydrogen) atoms. The van der Waals surface area contributed by atoms with E-state index in [1.165, 1.54) is 18.5 Å². The first-order valence-corrected chi connectivity index (χ1v) is 8.84. The topological polar surface area (TPSA) is 41.6 Å². The van der Waals surface area contributed by atoms with Crippen LogP contribution in [0.2, 0.25) is 0 Å². The molecule has 1 aromatic carbocycles. The van der Waals surface area contributed by atoms with Gasteiger partial charge in [0.25, 0.3) is 0 Å². The molecule has 2 saturated heterocycles. The molecular weight excluding hydrogens is 288 g/mol. The van der Waals surface area contributed by atoms with Crippen LogP contribution in [-0.4, -0.2) is 31.7 Å². The van der Waals surface area contributed by atoms with Crippen LogP contribution in [0.15, 0.2) is 18.2 Å². The van der Waals surface area contributed by atoms with E-state index in [0.717, 1.165) is 30.8 Å². The van der Waals surface area contributed by atoms with E-state index < -0.39 is 0 Å². The lowest BCUT2D eigenvalue weighted by Gasteiger charge is -2.22. The lowest BCUT2D eigenvalue weighted by molar-refractivity contribution is -0.122. The summed E-state index contributed by atoms with van der Waals surface area (Å²) in [5.74, 6) is 0.428. The molecule has 0 aromatic heterocycles. The van der Waals surface area contributed by atoms with Crippen LogP contribution in [-0.2, 0) is 9.53 Å². The van der Waals surface area contributed by atoms with Crippen LogP contribution in [0.25, 0.3) is 0 Å². The molecule has 1 N–H and O–H groups in total. The Morgan fingerprint density at radius 2 is 2.04 bits per heavy atom. The molecule has 3 rings (SSSR count). The van der Waals surface area contributed by atoms with Gasteiger partial charge in [0.05, 0.1) is 12.0 Å². The Balaban J connectivity index is 1.68. The third-order valence-electron chi connectivity index (χ3n) is 5.07. The highest BCUT2D eigenvalue weighted by Gasteiger charge is 2.36. The SMILES string of the molecule is Cc1cc(N2CCCC2)ccc1NC(=O)[C@@H]1CCO[C@H]1C(C)C. The van der Waals surface area contributed by atoms with Gasteiger partial charge in [0.2, 0.25) is 5.91 Å². The number of ether oxygens (including phenoxy) is 1. The number of anilines is 2. The van der Waals surface area contributed by atoms with Crippen LogP contribution in [0, 0.1) is 18.8 Å². The summed E-state index contributed by atoms with van der Waals surface area (Å²) < 4.78 is 5.74. The van der Waals surface area contributed by atoms with Crippen molar-refractivity contribution in [2.75, 3.05) is 29.9 Å². The van der Waals surface area contributed by atoms with Gasteiger partial charge in [-0.1, -0.05) is 13.8 Å². The van der Waals surface area contributed by atoms with Gasteiger partial charge >= 0.3 is 0 Å². The molecule has 126 valence electrons. The second kappa shape index (κ2) is 6.91. The average molecular weight is 316 g/mol. The summed E-state index contributed by atoms with van der Waals surface area (Å²) in [5.41, 5.74) is 3.32. The highest BCUT2D eigenvalue weighted by atomic mass is 16.5. The zero-order valence-corrected chi connectivity index (χ0v) is 14.5. The van der Waals surface area contributed by atoms with Crippen LogP contribution in [0.4, 0.5) is 11.4 Å². The molecule has 1 amide bonds. The van der Waals surface area contributed by atoms with Crippen molar-refractivity contribution in [3.63, 3.8) is 0 Å². The van der Waals surface area contributed by atoms with Crippen molar-refractivity contribution < 1.29 is 9.53 Å². The fraction of sp³-hybridized carbons (Fsp3) is 0.632. The van der Waals surface area contributed by atoms with Crippen molar-refractivity contribution in [1.82, 2.24) is 0 Å². The summed E-state index contributed by atoms with van der Waals surface area (Å²) in [6, 6.07) is 6.35. The largest absolute Gasteiger partial charge is 0.377 e. The molecule has 4 nitrogen and oxygen atoms in total. The first kappa shape index (κ1) is 16.3. The van der Waals surface area contributed by atoms with E-state index in [1.54, 1.807) is 0 Å². The number of amides is 1. The number of carbonyl (C=O) groups excluding carboxylic acids is 1. The van der Waals surface area contributed by atoms with E-state index in [0.29, 0.717) is 12.5 Å². The molecule has 0 unspecified atom stereocenters. The van der Waals surface area contributed by atoms with Gasteiger partial charge in [-0.25, -0.2) is 0 Å². The lowest BCUT2D eigenvalue weighted by Crippen LogP contribution is -2.33. The fourth-order valence-corrected chi connectivity index (χ4v) is 3.73. The summed E-state index contributed by atoms with van der Waals surface area (Å²) in [6.45, 7) is 9.27. The zero-order valence-electron chi connectivity index (χ0n) is 14.5. The number of rotatable bonds is 4. The van der Waals surface area contributed by atoms with Crippen LogP contribution in [0.1, 0.15) is 38.7 Å². The molecule has 1 aromatic rings. The highest BCUT2D eigenvalue weighted by Crippen LogP contribution is 2.30. The average Bonchev–Trinajstić information content (AvgIpc) is 3.20. The van der Waals surface area contributed by atoms with E-state index in [1.807, 2.05) is 6.07 Å². The maximum atomic E-state index is 12.6. The standard InChI is InChI=1S/C19H28N2O2/c1-13(2)18-16(8-11-23-18)19(22)20-17-7-6-15(12-14(17)3)21-9-4-5-10-21/h6-7,12-13,16,18H,4-5,8-11H2,1-3H3,(H,20,22)/t16-,18+/m1/s1. The predicted molar refractivity (Wildman–Crippen MR) is 93.9 cm³/mol. The molecule has 4 heteroatoms. The van der Waals surface area contributed by atoms with Gasteiger partial charge in [0, 0.05) is 31.1 Å². The Kier molecular flexibility index (Phi) is 4.90. The van der Waals surface area contributed by atoms with E-state index >= 15 is 0 Å². The molecule has 0 saturated carbocycles. The van der Waals surface area contributed by atoms with Gasteiger partial charge in [0.15, 0.2) is 0 Å². The Morgan fingerprint density at radius 1 is 1.30 bits per heavy atom. The molecule has 2 atom stereocenters. The number of hydrogen-bond acceptors (Lipinski definition) is 3. The van der Waals surface area contributed by atoms with E-state index in [4.69, 9.17) is 4.74 Å². The van der Waals surface area contributed by atoms with E-state index in [9.17, 15) is 4.79 Å². The Morgan fingerprint density at radius 3 is 2.70 bits per heavy atom. The highest BCUT2D eigenvalue weighted by molar-refractivity contribution is 5.94. The molecule has 0 bridgehead atoms. The van der Waals surface area contributed by atoms with Crippen molar-refractivity contribution in [2.45, 2.75) is 46.1 Å². The normalized spacial score (nSPS) is 24.4. The summed E-state index contributed by atoms with van der Waals surface area (Å²) in [7, 11) is 0. The summed E-state index contributed by atoms with van der Waals surface area (Å²) >= 11 is 0. The lowest BCUT2D eigenvalue weighted by atomic mass is 9.92. The van der Waals surface area contributed by atoms with Crippen molar-refractivity contribution in [2.24, 2.45) is 11.8 Å². The number of hydrogen-bond donors (Lipinski definition) is 1. The van der Waals surface area contributed by atoms with Crippen LogP contribution >= 0.6 is 0 Å². The minimum absolute atomic E-state index is 0.0346. The minimum atomic E-state index is -0.0346. The molecule has 2 fully saturated rings. The molecule has 2 aliphatic rings. The smallest absolute Gasteiger partial charge is 0.230 e. The van der Waals surface area contributed by atoms with Gasteiger partial charge in [-0.05, 0) is 55.9 Å². The third kappa shape index (κ3) is 3.52. The zero-order chi connectivity index (χ0) is 16.4. The monoisotopic (exact) mass is 316 g/mol. The fourth-order valence-electron chi connectivity index (χ4n) is 3.73. The van der Waals surface area contributed by atoms with E-state index in [-0.39, 0.29) is 17.9 Å². The van der Waals surface area contributed by atoms with E-state index in [2.05, 4.69) is 43.1 Å². The van der Waals surface area contributed by atoms with Gasteiger partial charge in [-0.15, -0.1) is 0 Å². The predicted octanol–water partition coefficient (Wildman–Crippen LogP) is 3.59. The third-order valence-corrected chi connectivity index (χ3v) is 5.07. The number of carbonyl (C=O) groups is 1. The quantitative estimate of drug-likeness (QED) is 0.923. The summed E-state index contributed by atoms with van der Waals surface area (Å²) in [6.07, 6.45) is 3.41. The Bertz CT molecular complexity index is 564. The molecule has 2 aliphatic heterocycles. The van der Waals surface area contributed by atoms with Crippen molar-refractivity contribution in [1.29, 1.82) is 0 Å². The Labute approximate surface area is 139 Å². The van der Waals surface area contributed by atoms with Gasteiger partial charge in [0.1, 0.15) is 0 Å². The number of benzene rings is 1. The summed E-state index contributed by atoms with van der Waals surface area (Å²) in [4.78, 5) is 15.0. The van der Waals surface area contributed by atoms with Crippen LogP contribution in [0.5, 0.6) is 0 Å². The van der Waals surface area contributed by atoms with Crippen LogP contribution < -0.4 is 10.2 Å². The van der Waals surface area contributed by atoms with Gasteiger partial charge < -0.3 is 15.0 Å². The molecule has 2 heterocycles. The second-order valence-electron chi connectivity index (χ2n) is 7.16. The van der Waals surface area contributed by atoms with Gasteiger partial charge in [-0.3, -0.25) is 4.79 Å². The van der Waals surface area contributed by atoms with Gasteiger partial charge in [-0.2, -0.15) is 0 Å². The first-order chi connectivity index (χ1) is 11.1. The van der Waals surface area contributed by atoms with Crippen molar-refractivity contribution in [3.8, 4) is 0 Å². The number of aryl methyl sites for hydroxylation is 1. The van der Waals surface area contributed by atoms with Crippen molar-refractivity contribution >= 4 is 17.3 Å². The summed E-state index contributed by atoms with van der Waals surface area (Å²) in [5, 5.41) is 3.12. The molecule has 0 radical (unpaired) electrons.